The van der Waals surface area contributed by atoms with Gasteiger partial charge >= 0.3 is 0 Å². The van der Waals surface area contributed by atoms with Crippen LogP contribution in [0.15, 0.2) is 16.9 Å². The van der Waals surface area contributed by atoms with Crippen LogP contribution in [0, 0.1) is 6.92 Å². The average Bonchev–Trinajstić information content (AvgIpc) is 2.30. The van der Waals surface area contributed by atoms with E-state index in [9.17, 15) is 4.79 Å². The quantitative estimate of drug-likeness (QED) is 0.635. The van der Waals surface area contributed by atoms with E-state index in [1.165, 1.54) is 12.8 Å². The fourth-order valence-electron chi connectivity index (χ4n) is 1.56. The van der Waals surface area contributed by atoms with Crippen LogP contribution in [0.2, 0.25) is 0 Å². The highest BCUT2D eigenvalue weighted by Crippen LogP contribution is 2.17. The molecule has 1 heterocycles. The van der Waals surface area contributed by atoms with E-state index in [2.05, 4.69) is 33.2 Å². The maximum absolute atomic E-state index is 11.6. The molecule has 0 aliphatic heterocycles. The monoisotopic (exact) mass is 298 g/mol. The first kappa shape index (κ1) is 14.2. The SMILES string of the molecule is CCCCCCC(=O)Nc1cnc(Br)c(C)c1. The number of aryl methyl sites for hydroxylation is 1. The van der Waals surface area contributed by atoms with Gasteiger partial charge in [-0.05, 0) is 40.9 Å². The first-order valence-corrected chi connectivity index (χ1v) is 6.84. The van der Waals surface area contributed by atoms with E-state index in [1.807, 2.05) is 13.0 Å². The lowest BCUT2D eigenvalue weighted by Crippen LogP contribution is -2.11. The van der Waals surface area contributed by atoms with Gasteiger partial charge in [-0.15, -0.1) is 0 Å². The highest BCUT2D eigenvalue weighted by Gasteiger charge is 2.04. The molecule has 0 bridgehead atoms. The van der Waals surface area contributed by atoms with Crippen molar-refractivity contribution in [1.29, 1.82) is 0 Å². The Bertz CT molecular complexity index is 380. The van der Waals surface area contributed by atoms with E-state index in [4.69, 9.17) is 0 Å². The number of rotatable bonds is 6. The van der Waals surface area contributed by atoms with Crippen molar-refractivity contribution >= 4 is 27.5 Å². The van der Waals surface area contributed by atoms with E-state index in [-0.39, 0.29) is 5.91 Å². The summed E-state index contributed by atoms with van der Waals surface area (Å²) >= 11 is 3.33. The molecule has 0 aromatic carbocycles. The average molecular weight is 299 g/mol. The second-order valence-corrected chi connectivity index (χ2v) is 4.94. The number of hydrogen-bond donors (Lipinski definition) is 1. The van der Waals surface area contributed by atoms with E-state index in [0.29, 0.717) is 6.42 Å². The number of aromatic nitrogens is 1. The van der Waals surface area contributed by atoms with Gasteiger partial charge in [-0.2, -0.15) is 0 Å². The summed E-state index contributed by atoms with van der Waals surface area (Å²) in [5.74, 6) is 0.0737. The molecule has 1 N–H and O–H groups in total. The van der Waals surface area contributed by atoms with Crippen LogP contribution in [0.5, 0.6) is 0 Å². The Kier molecular flexibility index (Phi) is 6.19. The molecule has 1 aromatic rings. The van der Waals surface area contributed by atoms with Gasteiger partial charge in [-0.25, -0.2) is 4.98 Å². The summed E-state index contributed by atoms with van der Waals surface area (Å²) in [6.07, 6.45) is 6.74. The standard InChI is InChI=1S/C13H19BrN2O/c1-3-4-5-6-7-12(17)16-11-8-10(2)13(14)15-9-11/h8-9H,3-7H2,1-2H3,(H,16,17). The van der Waals surface area contributed by atoms with Gasteiger partial charge in [0, 0.05) is 6.42 Å². The van der Waals surface area contributed by atoms with Crippen LogP contribution in [0.25, 0.3) is 0 Å². The molecule has 1 rings (SSSR count). The number of halogens is 1. The van der Waals surface area contributed by atoms with Crippen molar-refractivity contribution in [2.24, 2.45) is 0 Å². The van der Waals surface area contributed by atoms with Gasteiger partial charge in [0.05, 0.1) is 11.9 Å². The smallest absolute Gasteiger partial charge is 0.224 e. The van der Waals surface area contributed by atoms with Crippen LogP contribution < -0.4 is 5.32 Å². The van der Waals surface area contributed by atoms with E-state index in [1.54, 1.807) is 6.20 Å². The molecule has 0 spiro atoms. The molecule has 1 amide bonds. The van der Waals surface area contributed by atoms with Crippen LogP contribution >= 0.6 is 15.9 Å². The minimum atomic E-state index is 0.0737. The third-order valence-corrected chi connectivity index (χ3v) is 3.39. The summed E-state index contributed by atoms with van der Waals surface area (Å²) in [5, 5.41) is 2.86. The molecular weight excluding hydrogens is 280 g/mol. The third-order valence-electron chi connectivity index (χ3n) is 2.56. The molecule has 94 valence electrons. The summed E-state index contributed by atoms with van der Waals surface area (Å²) in [6, 6.07) is 1.92. The van der Waals surface area contributed by atoms with Gasteiger partial charge in [-0.1, -0.05) is 26.2 Å². The Morgan fingerprint density at radius 3 is 2.82 bits per heavy atom. The summed E-state index contributed by atoms with van der Waals surface area (Å²) in [5.41, 5.74) is 1.79. The topological polar surface area (TPSA) is 42.0 Å². The maximum Gasteiger partial charge on any atom is 0.224 e. The van der Waals surface area contributed by atoms with Crippen LogP contribution in [-0.2, 0) is 4.79 Å². The molecule has 3 nitrogen and oxygen atoms in total. The van der Waals surface area contributed by atoms with Crippen molar-refractivity contribution in [1.82, 2.24) is 4.98 Å². The molecule has 0 aliphatic rings. The van der Waals surface area contributed by atoms with Crippen molar-refractivity contribution in [2.45, 2.75) is 46.0 Å². The highest BCUT2D eigenvalue weighted by molar-refractivity contribution is 9.10. The van der Waals surface area contributed by atoms with Gasteiger partial charge in [0.15, 0.2) is 0 Å². The molecule has 0 radical (unpaired) electrons. The number of amides is 1. The largest absolute Gasteiger partial charge is 0.325 e. The van der Waals surface area contributed by atoms with E-state index >= 15 is 0 Å². The van der Waals surface area contributed by atoms with E-state index < -0.39 is 0 Å². The second kappa shape index (κ2) is 7.43. The van der Waals surface area contributed by atoms with Crippen molar-refractivity contribution < 1.29 is 4.79 Å². The van der Waals surface area contributed by atoms with Crippen molar-refractivity contribution in [2.75, 3.05) is 5.32 Å². The molecule has 0 unspecified atom stereocenters. The van der Waals surface area contributed by atoms with Crippen LogP contribution in [0.1, 0.15) is 44.6 Å². The van der Waals surface area contributed by atoms with E-state index in [0.717, 1.165) is 28.7 Å². The summed E-state index contributed by atoms with van der Waals surface area (Å²) in [6.45, 7) is 4.12. The first-order valence-electron chi connectivity index (χ1n) is 6.05. The Balaban J connectivity index is 2.37. The number of carbonyl (C=O) groups excluding carboxylic acids is 1. The molecule has 17 heavy (non-hydrogen) atoms. The van der Waals surface area contributed by atoms with Crippen molar-refractivity contribution in [3.8, 4) is 0 Å². The number of anilines is 1. The number of nitrogens with zero attached hydrogens (tertiary/aromatic N) is 1. The Morgan fingerprint density at radius 1 is 1.41 bits per heavy atom. The molecule has 0 aliphatic carbocycles. The predicted octanol–water partition coefficient (Wildman–Crippen LogP) is 4.06. The van der Waals surface area contributed by atoms with Gasteiger partial charge in [-0.3, -0.25) is 4.79 Å². The Hall–Kier alpha value is -0.900. The normalized spacial score (nSPS) is 10.3. The van der Waals surface area contributed by atoms with Gasteiger partial charge in [0.2, 0.25) is 5.91 Å². The van der Waals surface area contributed by atoms with Gasteiger partial charge in [0.25, 0.3) is 0 Å². The molecule has 0 saturated carbocycles. The summed E-state index contributed by atoms with van der Waals surface area (Å²) in [7, 11) is 0. The molecule has 4 heteroatoms. The number of carbonyl (C=O) groups is 1. The molecule has 0 atom stereocenters. The number of unbranched alkanes of at least 4 members (excludes halogenated alkanes) is 3. The van der Waals surface area contributed by atoms with Crippen molar-refractivity contribution in [3.05, 3.63) is 22.4 Å². The minimum Gasteiger partial charge on any atom is -0.325 e. The third kappa shape index (κ3) is 5.31. The minimum absolute atomic E-state index is 0.0737. The first-order chi connectivity index (χ1) is 8.13. The molecule has 0 fully saturated rings. The number of pyridine rings is 1. The lowest BCUT2D eigenvalue weighted by molar-refractivity contribution is -0.116. The molecule has 0 saturated heterocycles. The van der Waals surface area contributed by atoms with Gasteiger partial charge < -0.3 is 5.32 Å². The Morgan fingerprint density at radius 2 is 2.18 bits per heavy atom. The summed E-state index contributed by atoms with van der Waals surface area (Å²) in [4.78, 5) is 15.8. The molecular formula is C13H19BrN2O. The molecule has 1 aromatic heterocycles. The highest BCUT2D eigenvalue weighted by atomic mass is 79.9. The fourth-order valence-corrected chi connectivity index (χ4v) is 1.78. The maximum atomic E-state index is 11.6. The van der Waals surface area contributed by atoms with Gasteiger partial charge in [0.1, 0.15) is 4.60 Å². The number of hydrogen-bond acceptors (Lipinski definition) is 2. The summed E-state index contributed by atoms with van der Waals surface area (Å²) < 4.78 is 0.818. The van der Waals surface area contributed by atoms with Crippen LogP contribution in [0.4, 0.5) is 5.69 Å². The zero-order chi connectivity index (χ0) is 12.7. The lowest BCUT2D eigenvalue weighted by Gasteiger charge is -2.06. The van der Waals surface area contributed by atoms with Crippen molar-refractivity contribution in [3.63, 3.8) is 0 Å². The lowest BCUT2D eigenvalue weighted by atomic mass is 10.1. The zero-order valence-corrected chi connectivity index (χ0v) is 12.0. The second-order valence-electron chi connectivity index (χ2n) is 4.19. The van der Waals surface area contributed by atoms with Crippen LogP contribution in [-0.4, -0.2) is 10.9 Å². The number of nitrogens with one attached hydrogen (secondary N) is 1. The predicted molar refractivity (Wildman–Crippen MR) is 74.1 cm³/mol. The fraction of sp³-hybridized carbons (Fsp3) is 0.538. The zero-order valence-electron chi connectivity index (χ0n) is 10.4. The Labute approximate surface area is 111 Å². The van der Waals surface area contributed by atoms with Crippen LogP contribution in [0.3, 0.4) is 0 Å².